The van der Waals surface area contributed by atoms with Crippen molar-refractivity contribution in [1.29, 1.82) is 0 Å². The van der Waals surface area contributed by atoms with E-state index < -0.39 is 15.8 Å². The number of sulfonamides is 1. The van der Waals surface area contributed by atoms with Crippen LogP contribution in [0.1, 0.15) is 69.8 Å². The number of halogens is 1. The second kappa shape index (κ2) is 9.37. The lowest BCUT2D eigenvalue weighted by Gasteiger charge is -2.39. The van der Waals surface area contributed by atoms with E-state index in [0.717, 1.165) is 43.8 Å². The molecule has 176 valence electrons. The monoisotopic (exact) mass is 465 g/mol. The average Bonchev–Trinajstić information content (AvgIpc) is 3.18. The minimum absolute atomic E-state index is 0.116. The Balaban J connectivity index is 1.26. The summed E-state index contributed by atoms with van der Waals surface area (Å²) in [5, 5.41) is 6.85. The van der Waals surface area contributed by atoms with E-state index in [2.05, 4.69) is 15.2 Å². The van der Waals surface area contributed by atoms with E-state index in [4.69, 9.17) is 4.84 Å². The van der Waals surface area contributed by atoms with Gasteiger partial charge in [0.1, 0.15) is 17.1 Å². The standard InChI is InChI=1S/C23H32FN3O4S/c1-32(29,30)27-20-8-7-16(13-19(20)24)15-25-22(28)21-14-23(31-26-21)11-9-18(10-12-23)17-5-3-2-4-6-17/h7-8,13,17-18,27H,2-6,9-12,14-15H2,1H3,(H,25,28). The summed E-state index contributed by atoms with van der Waals surface area (Å²) in [6, 6.07) is 4.11. The van der Waals surface area contributed by atoms with Crippen LogP contribution in [0.5, 0.6) is 0 Å². The summed E-state index contributed by atoms with van der Waals surface area (Å²) in [7, 11) is -3.56. The molecule has 9 heteroatoms. The molecular weight excluding hydrogens is 433 g/mol. The second-order valence-electron chi connectivity index (χ2n) is 9.60. The van der Waals surface area contributed by atoms with E-state index in [1.807, 2.05) is 0 Å². The van der Waals surface area contributed by atoms with Gasteiger partial charge in [-0.05, 0) is 55.2 Å². The van der Waals surface area contributed by atoms with Crippen molar-refractivity contribution in [2.24, 2.45) is 17.0 Å². The molecule has 2 aliphatic carbocycles. The number of amides is 1. The van der Waals surface area contributed by atoms with E-state index in [-0.39, 0.29) is 23.7 Å². The summed E-state index contributed by atoms with van der Waals surface area (Å²) in [5.74, 6) is 0.621. The van der Waals surface area contributed by atoms with Crippen LogP contribution in [0.25, 0.3) is 0 Å². The first kappa shape index (κ1) is 23.0. The van der Waals surface area contributed by atoms with Crippen molar-refractivity contribution in [3.05, 3.63) is 29.6 Å². The van der Waals surface area contributed by atoms with Gasteiger partial charge in [-0.1, -0.05) is 43.3 Å². The van der Waals surface area contributed by atoms with Crippen molar-refractivity contribution in [2.45, 2.75) is 76.4 Å². The van der Waals surface area contributed by atoms with Gasteiger partial charge >= 0.3 is 0 Å². The Labute approximate surface area is 189 Å². The molecule has 0 saturated heterocycles. The predicted octanol–water partition coefficient (Wildman–Crippen LogP) is 4.10. The van der Waals surface area contributed by atoms with Crippen LogP contribution in [0.15, 0.2) is 23.4 Å². The Morgan fingerprint density at radius 1 is 1.16 bits per heavy atom. The normalized spacial score (nSPS) is 26.4. The van der Waals surface area contributed by atoms with Gasteiger partial charge in [0.05, 0.1) is 11.9 Å². The van der Waals surface area contributed by atoms with Crippen molar-refractivity contribution in [1.82, 2.24) is 5.32 Å². The summed E-state index contributed by atoms with van der Waals surface area (Å²) in [5.41, 5.74) is 0.444. The highest BCUT2D eigenvalue weighted by Crippen LogP contribution is 2.45. The summed E-state index contributed by atoms with van der Waals surface area (Å²) in [6.07, 6.45) is 12.4. The third kappa shape index (κ3) is 5.60. The number of carbonyl (C=O) groups is 1. The predicted molar refractivity (Wildman–Crippen MR) is 121 cm³/mol. The quantitative estimate of drug-likeness (QED) is 0.661. The Morgan fingerprint density at radius 3 is 2.50 bits per heavy atom. The van der Waals surface area contributed by atoms with E-state index >= 15 is 0 Å². The molecule has 4 rings (SSSR count). The lowest BCUT2D eigenvalue weighted by molar-refractivity contribution is -0.115. The number of benzene rings is 1. The summed E-state index contributed by atoms with van der Waals surface area (Å²) < 4.78 is 38.8. The van der Waals surface area contributed by atoms with E-state index in [0.29, 0.717) is 17.7 Å². The van der Waals surface area contributed by atoms with Crippen molar-refractivity contribution in [3.8, 4) is 0 Å². The van der Waals surface area contributed by atoms with Gasteiger partial charge in [-0.2, -0.15) is 0 Å². The minimum atomic E-state index is -3.56. The number of carbonyl (C=O) groups excluding carboxylic acids is 1. The number of hydrogen-bond donors (Lipinski definition) is 2. The lowest BCUT2D eigenvalue weighted by Crippen LogP contribution is -2.38. The van der Waals surface area contributed by atoms with Gasteiger partial charge in [0.2, 0.25) is 10.0 Å². The molecule has 1 aliphatic heterocycles. The van der Waals surface area contributed by atoms with Crippen molar-refractivity contribution < 1.29 is 22.4 Å². The van der Waals surface area contributed by atoms with E-state index in [1.54, 1.807) is 6.07 Å². The third-order valence-corrected chi connectivity index (χ3v) is 7.73. The number of hydrogen-bond acceptors (Lipinski definition) is 5. The van der Waals surface area contributed by atoms with E-state index in [1.165, 1.54) is 44.2 Å². The first-order valence-electron chi connectivity index (χ1n) is 11.5. The lowest BCUT2D eigenvalue weighted by atomic mass is 9.69. The van der Waals surface area contributed by atoms with Crippen molar-refractivity contribution in [2.75, 3.05) is 11.0 Å². The highest BCUT2D eigenvalue weighted by atomic mass is 32.2. The van der Waals surface area contributed by atoms with Crippen LogP contribution in [0.2, 0.25) is 0 Å². The molecule has 2 saturated carbocycles. The first-order chi connectivity index (χ1) is 15.2. The molecule has 3 aliphatic rings. The fourth-order valence-electron chi connectivity index (χ4n) is 5.39. The smallest absolute Gasteiger partial charge is 0.269 e. The van der Waals surface area contributed by atoms with Crippen LogP contribution in [0.3, 0.4) is 0 Å². The van der Waals surface area contributed by atoms with Crippen LogP contribution in [0.4, 0.5) is 10.1 Å². The maximum atomic E-state index is 14.1. The minimum Gasteiger partial charge on any atom is -0.388 e. The molecule has 0 unspecified atom stereocenters. The Hall–Kier alpha value is -2.16. The molecule has 2 fully saturated rings. The molecule has 1 aromatic carbocycles. The van der Waals surface area contributed by atoms with Gasteiger partial charge in [0, 0.05) is 13.0 Å². The molecule has 32 heavy (non-hydrogen) atoms. The van der Waals surface area contributed by atoms with Gasteiger partial charge < -0.3 is 10.2 Å². The second-order valence-corrected chi connectivity index (χ2v) is 11.3. The van der Waals surface area contributed by atoms with Gasteiger partial charge in [-0.25, -0.2) is 12.8 Å². The molecule has 1 heterocycles. The van der Waals surface area contributed by atoms with Gasteiger partial charge in [-0.3, -0.25) is 9.52 Å². The SMILES string of the molecule is CS(=O)(=O)Nc1ccc(CNC(=O)C2=NOC3(CCC(C4CCCCC4)CC3)C2)cc1F. The number of anilines is 1. The zero-order valence-corrected chi connectivity index (χ0v) is 19.3. The Morgan fingerprint density at radius 2 is 1.84 bits per heavy atom. The molecule has 0 aromatic heterocycles. The topological polar surface area (TPSA) is 96.9 Å². The fraction of sp³-hybridized carbons (Fsp3) is 0.652. The average molecular weight is 466 g/mol. The van der Waals surface area contributed by atoms with Crippen LogP contribution in [-0.2, 0) is 26.2 Å². The van der Waals surface area contributed by atoms with Crippen LogP contribution in [0, 0.1) is 17.7 Å². The van der Waals surface area contributed by atoms with Crippen LogP contribution < -0.4 is 10.0 Å². The maximum absolute atomic E-state index is 14.1. The number of nitrogens with zero attached hydrogens (tertiary/aromatic N) is 1. The summed E-state index contributed by atoms with van der Waals surface area (Å²) in [4.78, 5) is 18.4. The molecule has 0 bridgehead atoms. The maximum Gasteiger partial charge on any atom is 0.269 e. The number of nitrogens with one attached hydrogen (secondary N) is 2. The number of oxime groups is 1. The Kier molecular flexibility index (Phi) is 6.74. The summed E-state index contributed by atoms with van der Waals surface area (Å²) >= 11 is 0. The molecule has 1 aromatic rings. The van der Waals surface area contributed by atoms with E-state index in [9.17, 15) is 17.6 Å². The molecular formula is C23H32FN3O4S. The molecule has 1 amide bonds. The van der Waals surface area contributed by atoms with Gasteiger partial charge in [0.25, 0.3) is 5.91 Å². The highest BCUT2D eigenvalue weighted by molar-refractivity contribution is 7.92. The zero-order valence-electron chi connectivity index (χ0n) is 18.5. The first-order valence-corrected chi connectivity index (χ1v) is 13.4. The number of rotatable bonds is 6. The molecule has 0 atom stereocenters. The molecule has 2 N–H and O–H groups in total. The molecule has 0 radical (unpaired) electrons. The van der Waals surface area contributed by atoms with Crippen LogP contribution >= 0.6 is 0 Å². The van der Waals surface area contributed by atoms with Crippen LogP contribution in [-0.4, -0.2) is 31.9 Å². The third-order valence-electron chi connectivity index (χ3n) is 7.14. The highest BCUT2D eigenvalue weighted by Gasteiger charge is 2.45. The largest absolute Gasteiger partial charge is 0.388 e. The van der Waals surface area contributed by atoms with Gasteiger partial charge in [-0.15, -0.1) is 0 Å². The molecule has 7 nitrogen and oxygen atoms in total. The summed E-state index contributed by atoms with van der Waals surface area (Å²) in [6.45, 7) is 0.116. The Bertz CT molecular complexity index is 981. The molecule has 1 spiro atoms. The van der Waals surface area contributed by atoms with Crippen molar-refractivity contribution in [3.63, 3.8) is 0 Å². The van der Waals surface area contributed by atoms with Crippen molar-refractivity contribution >= 4 is 27.3 Å². The zero-order chi connectivity index (χ0) is 22.8. The fourth-order valence-corrected chi connectivity index (χ4v) is 5.96. The van der Waals surface area contributed by atoms with Gasteiger partial charge in [0.15, 0.2) is 0 Å².